The first-order chi connectivity index (χ1) is 24.6. The molecule has 0 aliphatic carbocycles. The molecule has 2 atom stereocenters. The summed E-state index contributed by atoms with van der Waals surface area (Å²) in [6, 6.07) is 30.9. The van der Waals surface area contributed by atoms with E-state index in [1.54, 1.807) is 40.0 Å². The lowest BCUT2D eigenvalue weighted by molar-refractivity contribution is -0.144. The summed E-state index contributed by atoms with van der Waals surface area (Å²) in [5.41, 5.74) is 5.65. The topological polar surface area (TPSA) is 118 Å². The average molecular weight is 717 g/mol. The van der Waals surface area contributed by atoms with Crippen molar-refractivity contribution in [1.29, 1.82) is 0 Å². The SMILES string of the molecule is CCOC(=O)C(C)c1ccc(-c2ccccc2OC)cc1.CCOP(=O)(C/C=C/COc1ccccc1-c1ccc(C(C)C(=O)O)cc1)OCC. The van der Waals surface area contributed by atoms with Gasteiger partial charge in [0.15, 0.2) is 0 Å². The van der Waals surface area contributed by atoms with Crippen molar-refractivity contribution in [3.63, 3.8) is 0 Å². The third kappa shape index (κ3) is 12.2. The average Bonchev–Trinajstić information content (AvgIpc) is 3.15. The van der Waals surface area contributed by atoms with E-state index in [4.69, 9.17) is 28.4 Å². The van der Waals surface area contributed by atoms with Crippen molar-refractivity contribution in [3.05, 3.63) is 120 Å². The fraction of sp³-hybridized carbons (Fsp3) is 0.317. The molecular weight excluding hydrogens is 667 g/mol. The molecule has 0 aliphatic rings. The molecule has 51 heavy (non-hydrogen) atoms. The maximum absolute atomic E-state index is 12.4. The van der Waals surface area contributed by atoms with E-state index in [1.165, 1.54) is 0 Å². The molecule has 9 nitrogen and oxygen atoms in total. The standard InChI is InChI=1S/C23H29O6P.C18H20O3/c1-4-28-30(26,29-5-2)17-9-8-16-27-22-11-7-6-10-21(22)20-14-12-19(13-15-20)18(3)23(24)25;1-4-21-18(19)13(2)14-9-11-15(12-10-14)16-7-5-6-8-17(16)20-3/h6-15,18H,4-5,16-17H2,1-3H3,(H,24,25);5-13H,4H2,1-3H3/b9-8+;. The van der Waals surface area contributed by atoms with Crippen molar-refractivity contribution in [2.24, 2.45) is 0 Å². The van der Waals surface area contributed by atoms with E-state index in [0.29, 0.717) is 32.2 Å². The highest BCUT2D eigenvalue weighted by Gasteiger charge is 2.21. The Hall–Kier alpha value is -4.69. The molecule has 4 rings (SSSR count). The lowest BCUT2D eigenvalue weighted by Crippen LogP contribution is -2.12. The molecule has 4 aromatic rings. The Balaban J connectivity index is 0.000000293. The Kier molecular flexibility index (Phi) is 16.7. The van der Waals surface area contributed by atoms with Gasteiger partial charge in [0.2, 0.25) is 0 Å². The van der Waals surface area contributed by atoms with Gasteiger partial charge in [0.25, 0.3) is 0 Å². The first-order valence-electron chi connectivity index (χ1n) is 17.0. The lowest BCUT2D eigenvalue weighted by atomic mass is 9.97. The second kappa shape index (κ2) is 20.9. The Bertz CT molecular complexity index is 1740. The molecule has 0 fully saturated rings. The summed E-state index contributed by atoms with van der Waals surface area (Å²) in [4.78, 5) is 22.9. The maximum atomic E-state index is 12.4. The number of ether oxygens (including phenoxy) is 3. The van der Waals surface area contributed by atoms with Gasteiger partial charge in [-0.15, -0.1) is 0 Å². The second-order valence-corrected chi connectivity index (χ2v) is 13.5. The maximum Gasteiger partial charge on any atom is 0.334 e. The molecule has 2 unspecified atom stereocenters. The number of methoxy groups -OCH3 is 1. The molecule has 4 aromatic carbocycles. The number of para-hydroxylation sites is 2. The Labute approximate surface area is 301 Å². The number of hydrogen-bond acceptors (Lipinski definition) is 8. The minimum Gasteiger partial charge on any atom is -0.496 e. The van der Waals surface area contributed by atoms with Crippen molar-refractivity contribution in [2.75, 3.05) is 39.7 Å². The highest BCUT2D eigenvalue weighted by molar-refractivity contribution is 7.54. The first-order valence-corrected chi connectivity index (χ1v) is 18.8. The number of esters is 1. The van der Waals surface area contributed by atoms with E-state index < -0.39 is 19.5 Å². The zero-order chi connectivity index (χ0) is 37.2. The first kappa shape index (κ1) is 40.7. The summed E-state index contributed by atoms with van der Waals surface area (Å²) in [5.74, 6) is -0.307. The Morgan fingerprint density at radius 3 is 1.67 bits per heavy atom. The van der Waals surface area contributed by atoms with Gasteiger partial charge in [-0.1, -0.05) is 97.1 Å². The van der Waals surface area contributed by atoms with E-state index in [2.05, 4.69) is 0 Å². The van der Waals surface area contributed by atoms with Crippen LogP contribution < -0.4 is 9.47 Å². The summed E-state index contributed by atoms with van der Waals surface area (Å²) in [6.45, 7) is 10.3. The van der Waals surface area contributed by atoms with Gasteiger partial charge in [0.05, 0.1) is 44.9 Å². The zero-order valence-electron chi connectivity index (χ0n) is 30.2. The van der Waals surface area contributed by atoms with E-state index in [9.17, 15) is 14.2 Å². The number of carbonyl (C=O) groups is 2. The lowest BCUT2D eigenvalue weighted by Gasteiger charge is -2.15. The minimum absolute atomic E-state index is 0.192. The normalized spacial score (nSPS) is 12.4. The molecule has 0 amide bonds. The highest BCUT2D eigenvalue weighted by atomic mass is 31.2. The third-order valence-corrected chi connectivity index (χ3v) is 9.89. The molecule has 0 bridgehead atoms. The van der Waals surface area contributed by atoms with Gasteiger partial charge in [-0.2, -0.15) is 0 Å². The van der Waals surface area contributed by atoms with Crippen LogP contribution in [-0.2, 0) is 27.9 Å². The third-order valence-electron chi connectivity index (χ3n) is 7.93. The molecule has 10 heteroatoms. The second-order valence-electron chi connectivity index (χ2n) is 11.4. The quantitative estimate of drug-likeness (QED) is 0.0647. The van der Waals surface area contributed by atoms with Crippen molar-refractivity contribution in [2.45, 2.75) is 46.5 Å². The van der Waals surface area contributed by atoms with Crippen LogP contribution in [0.2, 0.25) is 0 Å². The number of aliphatic carboxylic acids is 1. The molecule has 0 aliphatic heterocycles. The molecular formula is C41H49O9P. The van der Waals surface area contributed by atoms with Crippen LogP contribution in [0.25, 0.3) is 22.3 Å². The van der Waals surface area contributed by atoms with Gasteiger partial charge in [0, 0.05) is 11.1 Å². The number of hydrogen-bond donors (Lipinski definition) is 1. The van der Waals surface area contributed by atoms with E-state index in [1.807, 2.05) is 111 Å². The molecule has 0 saturated heterocycles. The van der Waals surface area contributed by atoms with Crippen LogP contribution >= 0.6 is 7.60 Å². The Morgan fingerprint density at radius 2 is 1.18 bits per heavy atom. The number of carboxylic acid groups (broad SMARTS) is 1. The zero-order valence-corrected chi connectivity index (χ0v) is 31.1. The van der Waals surface area contributed by atoms with E-state index in [-0.39, 0.29) is 18.0 Å². The number of benzene rings is 4. The van der Waals surface area contributed by atoms with Gasteiger partial charge in [0.1, 0.15) is 18.1 Å². The smallest absolute Gasteiger partial charge is 0.334 e. The number of carboxylic acids is 1. The predicted molar refractivity (Wildman–Crippen MR) is 202 cm³/mol. The van der Waals surface area contributed by atoms with Crippen molar-refractivity contribution in [1.82, 2.24) is 0 Å². The number of carbonyl (C=O) groups excluding carboxylic acids is 1. The van der Waals surface area contributed by atoms with Crippen LogP contribution in [0.4, 0.5) is 0 Å². The van der Waals surface area contributed by atoms with Gasteiger partial charge < -0.3 is 28.4 Å². The number of allylic oxidation sites excluding steroid dienone is 1. The highest BCUT2D eigenvalue weighted by Crippen LogP contribution is 2.47. The van der Waals surface area contributed by atoms with E-state index >= 15 is 0 Å². The molecule has 1 N–H and O–H groups in total. The molecule has 0 aromatic heterocycles. The minimum atomic E-state index is -3.09. The van der Waals surface area contributed by atoms with Crippen molar-refractivity contribution >= 4 is 19.5 Å². The van der Waals surface area contributed by atoms with Crippen molar-refractivity contribution in [3.8, 4) is 33.8 Å². The molecule has 272 valence electrons. The van der Waals surface area contributed by atoms with Gasteiger partial charge in [-0.25, -0.2) is 0 Å². The predicted octanol–water partition coefficient (Wildman–Crippen LogP) is 9.77. The molecule has 0 heterocycles. The summed E-state index contributed by atoms with van der Waals surface area (Å²) < 4.78 is 39.3. The summed E-state index contributed by atoms with van der Waals surface area (Å²) in [7, 11) is -1.43. The number of rotatable bonds is 17. The molecule has 0 radical (unpaired) electrons. The largest absolute Gasteiger partial charge is 0.496 e. The Morgan fingerprint density at radius 1 is 0.686 bits per heavy atom. The summed E-state index contributed by atoms with van der Waals surface area (Å²) >= 11 is 0. The van der Waals surface area contributed by atoms with Crippen molar-refractivity contribution < 1.29 is 42.5 Å². The summed E-state index contributed by atoms with van der Waals surface area (Å²) in [6.07, 6.45) is 3.73. The molecule has 0 spiro atoms. The van der Waals surface area contributed by atoms with Crippen LogP contribution in [0.15, 0.2) is 109 Å². The van der Waals surface area contributed by atoms with Crippen LogP contribution in [-0.4, -0.2) is 56.7 Å². The van der Waals surface area contributed by atoms with Gasteiger partial charge in [-0.05, 0) is 69.0 Å². The van der Waals surface area contributed by atoms with Gasteiger partial charge in [-0.3, -0.25) is 14.2 Å². The van der Waals surface area contributed by atoms with Gasteiger partial charge >= 0.3 is 19.5 Å². The summed E-state index contributed by atoms with van der Waals surface area (Å²) in [5, 5.41) is 9.16. The van der Waals surface area contributed by atoms with E-state index in [0.717, 1.165) is 39.1 Å². The fourth-order valence-corrected chi connectivity index (χ4v) is 6.59. The van der Waals surface area contributed by atoms with Crippen LogP contribution in [0.5, 0.6) is 11.5 Å². The molecule has 0 saturated carbocycles. The van der Waals surface area contributed by atoms with Crippen LogP contribution in [0.1, 0.15) is 57.6 Å². The van der Waals surface area contributed by atoms with Crippen LogP contribution in [0, 0.1) is 0 Å². The fourth-order valence-electron chi connectivity index (χ4n) is 5.11. The van der Waals surface area contributed by atoms with Crippen LogP contribution in [0.3, 0.4) is 0 Å². The monoisotopic (exact) mass is 716 g/mol.